The summed E-state index contributed by atoms with van der Waals surface area (Å²) >= 11 is 10.6. The van der Waals surface area contributed by atoms with Crippen LogP contribution in [0.25, 0.3) is 0 Å². The zero-order valence-corrected chi connectivity index (χ0v) is 12.7. The van der Waals surface area contributed by atoms with Crippen LogP contribution in [0.4, 0.5) is 0 Å². The zero-order valence-electron chi connectivity index (χ0n) is 11.1. The van der Waals surface area contributed by atoms with Crippen molar-refractivity contribution in [3.8, 4) is 5.75 Å². The smallest absolute Gasteiger partial charge is 0.184 e. The van der Waals surface area contributed by atoms with Gasteiger partial charge in [0, 0.05) is 10.6 Å². The van der Waals surface area contributed by atoms with Crippen LogP contribution in [-0.4, -0.2) is 17.4 Å². The topological polar surface area (TPSA) is 59.6 Å². The highest BCUT2D eigenvalue weighted by molar-refractivity contribution is 7.80. The van der Waals surface area contributed by atoms with Gasteiger partial charge in [0.1, 0.15) is 18.1 Å². The first-order valence-electron chi connectivity index (χ1n) is 6.21. The molecule has 0 saturated heterocycles. The van der Waals surface area contributed by atoms with Crippen molar-refractivity contribution in [3.63, 3.8) is 0 Å². The SMILES string of the molecule is NC(=S)NN=C(COc1ccccc1)c1ccc(Cl)cc1. The van der Waals surface area contributed by atoms with E-state index in [2.05, 4.69) is 10.5 Å². The van der Waals surface area contributed by atoms with Crippen molar-refractivity contribution in [1.29, 1.82) is 0 Å². The van der Waals surface area contributed by atoms with Crippen molar-refractivity contribution in [2.75, 3.05) is 6.61 Å². The molecule has 0 spiro atoms. The van der Waals surface area contributed by atoms with Gasteiger partial charge < -0.3 is 10.5 Å². The first-order valence-corrected chi connectivity index (χ1v) is 6.99. The third-order valence-corrected chi connectivity index (χ3v) is 2.94. The second-order valence-corrected chi connectivity index (χ2v) is 5.02. The van der Waals surface area contributed by atoms with E-state index in [1.807, 2.05) is 42.5 Å². The van der Waals surface area contributed by atoms with Crippen molar-refractivity contribution in [2.45, 2.75) is 0 Å². The molecule has 6 heteroatoms. The minimum Gasteiger partial charge on any atom is -0.487 e. The number of hydrogen-bond acceptors (Lipinski definition) is 3. The molecule has 0 aliphatic carbocycles. The van der Waals surface area contributed by atoms with Crippen LogP contribution in [0.5, 0.6) is 5.75 Å². The maximum Gasteiger partial charge on any atom is 0.184 e. The fraction of sp³-hybridized carbons (Fsp3) is 0.0667. The normalized spacial score (nSPS) is 11.0. The average molecular weight is 320 g/mol. The maximum atomic E-state index is 5.89. The lowest BCUT2D eigenvalue weighted by atomic mass is 10.1. The molecule has 0 amide bonds. The average Bonchev–Trinajstić information content (AvgIpc) is 2.49. The number of nitrogens with zero attached hydrogens (tertiary/aromatic N) is 1. The van der Waals surface area contributed by atoms with Crippen LogP contribution in [0.15, 0.2) is 59.7 Å². The molecule has 2 aromatic rings. The van der Waals surface area contributed by atoms with Crippen LogP contribution >= 0.6 is 23.8 Å². The molecule has 0 fully saturated rings. The Hall–Kier alpha value is -2.11. The van der Waals surface area contributed by atoms with Gasteiger partial charge in [-0.15, -0.1) is 0 Å². The van der Waals surface area contributed by atoms with Gasteiger partial charge in [0.15, 0.2) is 5.11 Å². The summed E-state index contributed by atoms with van der Waals surface area (Å²) in [7, 11) is 0. The van der Waals surface area contributed by atoms with Crippen molar-refractivity contribution in [1.82, 2.24) is 5.43 Å². The number of thiocarbonyl (C=S) groups is 1. The van der Waals surface area contributed by atoms with E-state index in [0.29, 0.717) is 10.7 Å². The molecule has 108 valence electrons. The molecule has 2 aromatic carbocycles. The van der Waals surface area contributed by atoms with Gasteiger partial charge in [0.2, 0.25) is 0 Å². The van der Waals surface area contributed by atoms with Gasteiger partial charge in [0.05, 0.1) is 0 Å². The van der Waals surface area contributed by atoms with E-state index in [1.54, 1.807) is 12.1 Å². The number of para-hydroxylation sites is 1. The van der Waals surface area contributed by atoms with Crippen LogP contribution in [0.3, 0.4) is 0 Å². The molecule has 0 aliphatic rings. The number of hydrazone groups is 1. The van der Waals surface area contributed by atoms with E-state index in [-0.39, 0.29) is 11.7 Å². The van der Waals surface area contributed by atoms with Gasteiger partial charge in [-0.3, -0.25) is 5.43 Å². The first-order chi connectivity index (χ1) is 10.1. The molecule has 21 heavy (non-hydrogen) atoms. The summed E-state index contributed by atoms with van der Waals surface area (Å²) in [6.45, 7) is 0.279. The molecule has 0 atom stereocenters. The van der Waals surface area contributed by atoms with E-state index in [1.165, 1.54) is 0 Å². The Labute approximate surface area is 133 Å². The van der Waals surface area contributed by atoms with Gasteiger partial charge in [-0.25, -0.2) is 0 Å². The molecular formula is C15H14ClN3OS. The number of hydrogen-bond donors (Lipinski definition) is 2. The molecule has 3 N–H and O–H groups in total. The predicted molar refractivity (Wildman–Crippen MR) is 89.8 cm³/mol. The van der Waals surface area contributed by atoms with Gasteiger partial charge in [-0.2, -0.15) is 5.10 Å². The lowest BCUT2D eigenvalue weighted by Crippen LogP contribution is -2.27. The van der Waals surface area contributed by atoms with E-state index < -0.39 is 0 Å². The fourth-order valence-electron chi connectivity index (χ4n) is 1.61. The summed E-state index contributed by atoms with van der Waals surface area (Å²) < 4.78 is 5.70. The Bertz CT molecular complexity index is 629. The highest BCUT2D eigenvalue weighted by atomic mass is 35.5. The molecule has 0 unspecified atom stereocenters. The molecule has 0 aliphatic heterocycles. The summed E-state index contributed by atoms with van der Waals surface area (Å²) in [5.41, 5.74) is 9.52. The van der Waals surface area contributed by atoms with Crippen molar-refractivity contribution < 1.29 is 4.74 Å². The Kier molecular flexibility index (Phi) is 5.54. The number of nitrogens with two attached hydrogens (primary N) is 1. The number of benzene rings is 2. The third kappa shape index (κ3) is 5.06. The summed E-state index contributed by atoms with van der Waals surface area (Å²) in [5.74, 6) is 0.759. The highest BCUT2D eigenvalue weighted by Gasteiger charge is 2.06. The zero-order chi connectivity index (χ0) is 15.1. The lowest BCUT2D eigenvalue weighted by molar-refractivity contribution is 0.376. The predicted octanol–water partition coefficient (Wildman–Crippen LogP) is 2.96. The van der Waals surface area contributed by atoms with Gasteiger partial charge in [-0.1, -0.05) is 41.9 Å². The van der Waals surface area contributed by atoms with Crippen molar-refractivity contribution >= 4 is 34.6 Å². The standard InChI is InChI=1S/C15H14ClN3OS/c16-12-8-6-11(7-9-12)14(18-19-15(17)21)10-20-13-4-2-1-3-5-13/h1-9H,10H2,(H3,17,19,21). The Balaban J connectivity index is 2.14. The fourth-order valence-corrected chi connectivity index (χ4v) is 1.79. The van der Waals surface area contributed by atoms with E-state index >= 15 is 0 Å². The minimum atomic E-state index is 0.0983. The molecule has 4 nitrogen and oxygen atoms in total. The van der Waals surface area contributed by atoms with Crippen LogP contribution in [0.1, 0.15) is 5.56 Å². The van der Waals surface area contributed by atoms with Gasteiger partial charge >= 0.3 is 0 Å². The van der Waals surface area contributed by atoms with Gasteiger partial charge in [0.25, 0.3) is 0 Å². The van der Waals surface area contributed by atoms with Crippen LogP contribution in [0.2, 0.25) is 5.02 Å². The minimum absolute atomic E-state index is 0.0983. The van der Waals surface area contributed by atoms with Crippen molar-refractivity contribution in [2.24, 2.45) is 10.8 Å². The van der Waals surface area contributed by atoms with E-state index in [4.69, 9.17) is 34.3 Å². The second kappa shape index (κ2) is 7.61. The van der Waals surface area contributed by atoms with Crippen LogP contribution < -0.4 is 15.9 Å². The molecule has 0 heterocycles. The number of ether oxygens (including phenoxy) is 1. The monoisotopic (exact) mass is 319 g/mol. The summed E-state index contributed by atoms with van der Waals surface area (Å²) in [4.78, 5) is 0. The number of rotatable bonds is 5. The molecule has 0 saturated carbocycles. The van der Waals surface area contributed by atoms with E-state index in [9.17, 15) is 0 Å². The van der Waals surface area contributed by atoms with Crippen molar-refractivity contribution in [3.05, 3.63) is 65.2 Å². The number of halogens is 1. The lowest BCUT2D eigenvalue weighted by Gasteiger charge is -2.10. The largest absolute Gasteiger partial charge is 0.487 e. The Morgan fingerprint density at radius 2 is 1.81 bits per heavy atom. The maximum absolute atomic E-state index is 5.89. The molecule has 2 rings (SSSR count). The Morgan fingerprint density at radius 1 is 1.14 bits per heavy atom. The van der Waals surface area contributed by atoms with Crippen LogP contribution in [-0.2, 0) is 0 Å². The van der Waals surface area contributed by atoms with Gasteiger partial charge in [-0.05, 0) is 36.5 Å². The first kappa shape index (κ1) is 15.3. The summed E-state index contributed by atoms with van der Waals surface area (Å²) in [5, 5.41) is 4.93. The number of nitrogens with one attached hydrogen (secondary N) is 1. The molecule has 0 radical (unpaired) electrons. The molecule has 0 aromatic heterocycles. The summed E-state index contributed by atoms with van der Waals surface area (Å²) in [6, 6.07) is 16.8. The van der Waals surface area contributed by atoms with Crippen LogP contribution in [0, 0.1) is 0 Å². The quantitative estimate of drug-likeness (QED) is 0.505. The molecular weight excluding hydrogens is 306 g/mol. The molecule has 0 bridgehead atoms. The van der Waals surface area contributed by atoms with E-state index in [0.717, 1.165) is 11.3 Å². The highest BCUT2D eigenvalue weighted by Crippen LogP contribution is 2.12. The second-order valence-electron chi connectivity index (χ2n) is 4.14. The Morgan fingerprint density at radius 3 is 2.43 bits per heavy atom. The summed E-state index contributed by atoms with van der Waals surface area (Å²) in [6.07, 6.45) is 0. The third-order valence-electron chi connectivity index (χ3n) is 2.60.